The van der Waals surface area contributed by atoms with Crippen LogP contribution in [0.5, 0.6) is 0 Å². The number of halogens is 2. The zero-order valence-corrected chi connectivity index (χ0v) is 18.8. The molecule has 1 aromatic carbocycles. The van der Waals surface area contributed by atoms with Crippen LogP contribution >= 0.6 is 27.7 Å². The van der Waals surface area contributed by atoms with Gasteiger partial charge in [0, 0.05) is 40.1 Å². The van der Waals surface area contributed by atoms with E-state index in [0.29, 0.717) is 23.0 Å². The normalized spacial score (nSPS) is 11.1. The van der Waals surface area contributed by atoms with Crippen LogP contribution in [0.2, 0.25) is 0 Å². The molecular weight excluding hydrogens is 457 g/mol. The minimum atomic E-state index is -0.349. The van der Waals surface area contributed by atoms with Gasteiger partial charge in [-0.15, -0.1) is 11.7 Å². The average molecular weight is 478 g/mol. The van der Waals surface area contributed by atoms with E-state index in [4.69, 9.17) is 0 Å². The van der Waals surface area contributed by atoms with Crippen molar-refractivity contribution < 1.29 is 9.18 Å². The van der Waals surface area contributed by atoms with Gasteiger partial charge in [-0.3, -0.25) is 4.79 Å². The lowest BCUT2D eigenvalue weighted by atomic mass is 10.1. The molecule has 2 aromatic heterocycles. The number of aromatic nitrogens is 4. The highest BCUT2D eigenvalue weighted by Gasteiger charge is 2.20. The van der Waals surface area contributed by atoms with Crippen molar-refractivity contribution in [2.24, 2.45) is 0 Å². The number of thioether (sulfide) groups is 1. The molecular formula is C20H21BrFN5OS. The first-order chi connectivity index (χ1) is 13.8. The van der Waals surface area contributed by atoms with Gasteiger partial charge in [-0.05, 0) is 38.3 Å². The van der Waals surface area contributed by atoms with Gasteiger partial charge < -0.3 is 4.90 Å². The molecule has 29 heavy (non-hydrogen) atoms. The molecule has 6 nitrogen and oxygen atoms in total. The number of hydrogen-bond donors (Lipinski definition) is 0. The Labute approximate surface area is 181 Å². The van der Waals surface area contributed by atoms with Crippen molar-refractivity contribution in [2.75, 3.05) is 12.8 Å². The molecule has 0 aliphatic rings. The van der Waals surface area contributed by atoms with Crippen molar-refractivity contribution >= 4 is 39.4 Å². The van der Waals surface area contributed by atoms with Crippen LogP contribution < -0.4 is 0 Å². The van der Waals surface area contributed by atoms with Gasteiger partial charge in [0.15, 0.2) is 0 Å². The molecule has 0 N–H and O–H groups in total. The van der Waals surface area contributed by atoms with Crippen molar-refractivity contribution in [1.82, 2.24) is 24.5 Å². The van der Waals surface area contributed by atoms with Gasteiger partial charge in [-0.25, -0.2) is 13.9 Å². The lowest BCUT2D eigenvalue weighted by Crippen LogP contribution is -2.33. The number of hydrogen-bond acceptors (Lipinski definition) is 5. The first kappa shape index (κ1) is 21.4. The number of benzene rings is 1. The van der Waals surface area contributed by atoms with E-state index < -0.39 is 0 Å². The summed E-state index contributed by atoms with van der Waals surface area (Å²) in [6, 6.07) is 4.70. The smallest absolute Gasteiger partial charge is 0.253 e. The van der Waals surface area contributed by atoms with Crippen molar-refractivity contribution in [3.63, 3.8) is 0 Å². The van der Waals surface area contributed by atoms with Crippen molar-refractivity contribution in [3.8, 4) is 0 Å². The van der Waals surface area contributed by atoms with Crippen molar-refractivity contribution in [3.05, 3.63) is 63.7 Å². The topological polar surface area (TPSA) is 63.4 Å². The Morgan fingerprint density at radius 3 is 2.83 bits per heavy atom. The third kappa shape index (κ3) is 4.67. The first-order valence-corrected chi connectivity index (χ1v) is 10.9. The molecule has 1 amide bonds. The number of aryl methyl sites for hydroxylation is 2. The van der Waals surface area contributed by atoms with Crippen LogP contribution in [0, 0.1) is 19.7 Å². The molecule has 0 atom stereocenters. The second kappa shape index (κ2) is 9.04. The van der Waals surface area contributed by atoms with Crippen LogP contribution in [0.25, 0.3) is 5.78 Å². The predicted octanol–water partition coefficient (Wildman–Crippen LogP) is 4.12. The first-order valence-electron chi connectivity index (χ1n) is 8.93. The Morgan fingerprint density at radius 2 is 2.14 bits per heavy atom. The second-order valence-corrected chi connectivity index (χ2v) is 8.24. The summed E-state index contributed by atoms with van der Waals surface area (Å²) in [5, 5.41) is 5.05. The van der Waals surface area contributed by atoms with Gasteiger partial charge in [-0.1, -0.05) is 33.8 Å². The second-order valence-electron chi connectivity index (χ2n) is 6.55. The molecule has 9 heteroatoms. The lowest BCUT2D eigenvalue weighted by molar-refractivity contribution is -0.130. The number of amides is 1. The summed E-state index contributed by atoms with van der Waals surface area (Å²) in [7, 11) is 0. The van der Waals surface area contributed by atoms with Crippen LogP contribution in [-0.2, 0) is 17.8 Å². The highest BCUT2D eigenvalue weighted by molar-refractivity contribution is 9.10. The number of fused-ring (bicyclic) bond motifs is 1. The van der Waals surface area contributed by atoms with Gasteiger partial charge >= 0.3 is 0 Å². The number of carbonyl (C=O) groups excluding carboxylic acids is 1. The SMILES string of the molecule is C=CCN(Cc1cc(Br)ccc1F)C(=O)Cc1c(C)nc2nc(SC)nn2c1C. The number of nitrogens with zero attached hydrogens (tertiary/aromatic N) is 5. The molecule has 0 aliphatic carbocycles. The molecule has 0 saturated heterocycles. The minimum absolute atomic E-state index is 0.137. The Hall–Kier alpha value is -2.26. The molecule has 0 radical (unpaired) electrons. The van der Waals surface area contributed by atoms with Crippen molar-refractivity contribution in [2.45, 2.75) is 32.0 Å². The summed E-state index contributed by atoms with van der Waals surface area (Å²) in [6.07, 6.45) is 3.67. The summed E-state index contributed by atoms with van der Waals surface area (Å²) in [5.41, 5.74) is 2.79. The fraction of sp³-hybridized carbons (Fsp3) is 0.300. The van der Waals surface area contributed by atoms with E-state index in [1.807, 2.05) is 20.1 Å². The summed E-state index contributed by atoms with van der Waals surface area (Å²) >= 11 is 4.79. The summed E-state index contributed by atoms with van der Waals surface area (Å²) < 4.78 is 16.6. The predicted molar refractivity (Wildman–Crippen MR) is 115 cm³/mol. The highest BCUT2D eigenvalue weighted by Crippen LogP contribution is 2.20. The molecule has 0 unspecified atom stereocenters. The van der Waals surface area contributed by atoms with Gasteiger partial charge in [0.2, 0.25) is 11.1 Å². The molecule has 0 fully saturated rings. The fourth-order valence-corrected chi connectivity index (χ4v) is 3.82. The molecule has 0 aliphatic heterocycles. The molecule has 152 valence electrons. The Morgan fingerprint density at radius 1 is 1.38 bits per heavy atom. The Kier molecular flexibility index (Phi) is 6.69. The van der Waals surface area contributed by atoms with Crippen LogP contribution in [0.15, 0.2) is 40.5 Å². The quantitative estimate of drug-likeness (QED) is 0.378. The van der Waals surface area contributed by atoms with Gasteiger partial charge in [0.05, 0.1) is 6.42 Å². The van der Waals surface area contributed by atoms with E-state index in [2.05, 4.69) is 37.6 Å². The average Bonchev–Trinajstić information content (AvgIpc) is 3.10. The highest BCUT2D eigenvalue weighted by atomic mass is 79.9. The largest absolute Gasteiger partial charge is 0.334 e. The summed E-state index contributed by atoms with van der Waals surface area (Å²) in [4.78, 5) is 23.5. The van der Waals surface area contributed by atoms with E-state index >= 15 is 0 Å². The number of carbonyl (C=O) groups is 1. The van der Waals surface area contributed by atoms with Gasteiger partial charge in [-0.2, -0.15) is 4.98 Å². The fourth-order valence-electron chi connectivity index (χ4n) is 3.08. The third-order valence-corrected chi connectivity index (χ3v) is 5.64. The molecule has 3 aromatic rings. The maximum atomic E-state index is 14.2. The van der Waals surface area contributed by atoms with Crippen LogP contribution in [0.3, 0.4) is 0 Å². The maximum Gasteiger partial charge on any atom is 0.253 e. The van der Waals surface area contributed by atoms with Gasteiger partial charge in [0.1, 0.15) is 5.82 Å². The van der Waals surface area contributed by atoms with Crippen LogP contribution in [0.4, 0.5) is 4.39 Å². The molecule has 0 bridgehead atoms. The Balaban J connectivity index is 1.89. The van der Waals surface area contributed by atoms with E-state index in [1.54, 1.807) is 27.6 Å². The zero-order valence-electron chi connectivity index (χ0n) is 16.4. The van der Waals surface area contributed by atoms with Crippen LogP contribution in [0.1, 0.15) is 22.5 Å². The minimum Gasteiger partial charge on any atom is -0.334 e. The third-order valence-electron chi connectivity index (χ3n) is 4.61. The molecule has 0 spiro atoms. The van der Waals surface area contributed by atoms with Crippen LogP contribution in [-0.4, -0.2) is 43.2 Å². The molecule has 0 saturated carbocycles. The molecule has 3 rings (SSSR count). The standard InChI is InChI=1S/C20H21BrFN5OS/c1-5-8-26(11-14-9-15(21)6-7-17(14)22)18(28)10-16-12(2)23-19-24-20(29-4)25-27(19)13(16)3/h5-7,9H,1,8,10-11H2,2-4H3. The molecule has 2 heterocycles. The van der Waals surface area contributed by atoms with E-state index in [-0.39, 0.29) is 24.7 Å². The van der Waals surface area contributed by atoms with Crippen molar-refractivity contribution in [1.29, 1.82) is 0 Å². The van der Waals surface area contributed by atoms with E-state index in [9.17, 15) is 9.18 Å². The zero-order chi connectivity index (χ0) is 21.1. The monoisotopic (exact) mass is 477 g/mol. The maximum absolute atomic E-state index is 14.2. The summed E-state index contributed by atoms with van der Waals surface area (Å²) in [5.74, 6) is 0.0271. The number of rotatable bonds is 7. The van der Waals surface area contributed by atoms with E-state index in [1.165, 1.54) is 17.8 Å². The lowest BCUT2D eigenvalue weighted by Gasteiger charge is -2.22. The Bertz CT molecular complexity index is 1080. The van der Waals surface area contributed by atoms with E-state index in [0.717, 1.165) is 21.4 Å². The summed E-state index contributed by atoms with van der Waals surface area (Å²) in [6.45, 7) is 7.95. The van der Waals surface area contributed by atoms with Gasteiger partial charge in [0.25, 0.3) is 5.78 Å².